The Balaban J connectivity index is 2.09. The number of fused-ring (bicyclic) bond motifs is 1. The summed E-state index contributed by atoms with van der Waals surface area (Å²) in [6.07, 6.45) is -1.08. The number of nitrogens with zero attached hydrogens (tertiary/aromatic N) is 1. The maximum Gasteiger partial charge on any atom is 0.345 e. The van der Waals surface area contributed by atoms with E-state index in [0.717, 1.165) is 11.3 Å². The van der Waals surface area contributed by atoms with Gasteiger partial charge in [0.15, 0.2) is 6.10 Å². The zero-order chi connectivity index (χ0) is 22.0. The first-order chi connectivity index (χ1) is 14.2. The van der Waals surface area contributed by atoms with Crippen molar-refractivity contribution in [1.29, 1.82) is 0 Å². The van der Waals surface area contributed by atoms with E-state index in [1.807, 2.05) is 48.2 Å². The summed E-state index contributed by atoms with van der Waals surface area (Å²) >= 11 is 0. The summed E-state index contributed by atoms with van der Waals surface area (Å²) in [7, 11) is 0. The van der Waals surface area contributed by atoms with Gasteiger partial charge in [-0.3, -0.25) is 9.59 Å². The molecule has 1 amide bonds. The highest BCUT2D eigenvalue weighted by molar-refractivity contribution is 6.38. The molecule has 1 heterocycles. The van der Waals surface area contributed by atoms with Gasteiger partial charge in [-0.15, -0.1) is 0 Å². The van der Waals surface area contributed by atoms with Crippen LogP contribution in [0.1, 0.15) is 37.8 Å². The van der Waals surface area contributed by atoms with Crippen LogP contribution in [0.25, 0.3) is 0 Å². The maximum atomic E-state index is 12.7. The number of carboxylic acids is 1. The van der Waals surface area contributed by atoms with Gasteiger partial charge in [-0.2, -0.15) is 0 Å². The van der Waals surface area contributed by atoms with E-state index in [-0.39, 0.29) is 17.7 Å². The monoisotopic (exact) mass is 410 g/mol. The molecule has 3 atom stereocenters. The van der Waals surface area contributed by atoms with E-state index in [0.29, 0.717) is 12.1 Å². The molecule has 0 saturated carbocycles. The SMILES string of the molecule is CC(C)C(Oc1cccc2c1C(C(=O)C(N)=O)C(C)N2Cc1ccccc1)C(=O)O. The fraction of sp³-hybridized carbons (Fsp3) is 0.348. The molecule has 158 valence electrons. The molecule has 2 aromatic carbocycles. The van der Waals surface area contributed by atoms with Crippen LogP contribution in [0.2, 0.25) is 0 Å². The van der Waals surface area contributed by atoms with Gasteiger partial charge in [0.05, 0.1) is 5.92 Å². The van der Waals surface area contributed by atoms with Gasteiger partial charge in [0.1, 0.15) is 5.75 Å². The van der Waals surface area contributed by atoms with Crippen molar-refractivity contribution < 1.29 is 24.2 Å². The van der Waals surface area contributed by atoms with Gasteiger partial charge >= 0.3 is 5.97 Å². The molecule has 0 radical (unpaired) electrons. The van der Waals surface area contributed by atoms with Gasteiger partial charge in [-0.25, -0.2) is 4.79 Å². The second-order valence-electron chi connectivity index (χ2n) is 7.87. The average molecular weight is 410 g/mol. The van der Waals surface area contributed by atoms with Gasteiger partial charge < -0.3 is 20.5 Å². The largest absolute Gasteiger partial charge is 0.478 e. The third-order valence-corrected chi connectivity index (χ3v) is 5.46. The van der Waals surface area contributed by atoms with Crippen molar-refractivity contribution in [3.63, 3.8) is 0 Å². The minimum atomic E-state index is -1.09. The lowest BCUT2D eigenvalue weighted by atomic mass is 9.90. The van der Waals surface area contributed by atoms with Gasteiger partial charge in [-0.05, 0) is 24.6 Å². The van der Waals surface area contributed by atoms with E-state index in [1.54, 1.807) is 26.0 Å². The van der Waals surface area contributed by atoms with Crippen LogP contribution in [0.5, 0.6) is 5.75 Å². The summed E-state index contributed by atoms with van der Waals surface area (Å²) in [5, 5.41) is 9.54. The van der Waals surface area contributed by atoms with E-state index in [9.17, 15) is 19.5 Å². The molecule has 0 spiro atoms. The standard InChI is InChI=1S/C23H26N2O5/c1-13(2)21(23(28)29)30-17-11-7-10-16-19(17)18(20(26)22(24)27)14(3)25(16)12-15-8-5-4-6-9-15/h4-11,13-14,18,21H,12H2,1-3H3,(H2,24,27)(H,28,29). The van der Waals surface area contributed by atoms with Crippen LogP contribution >= 0.6 is 0 Å². The van der Waals surface area contributed by atoms with Crippen molar-refractivity contribution in [1.82, 2.24) is 0 Å². The van der Waals surface area contributed by atoms with E-state index in [2.05, 4.69) is 0 Å². The van der Waals surface area contributed by atoms with Gasteiger partial charge in [0, 0.05) is 29.8 Å². The molecule has 1 aliphatic rings. The Morgan fingerprint density at radius 2 is 1.77 bits per heavy atom. The van der Waals surface area contributed by atoms with Crippen molar-refractivity contribution in [2.75, 3.05) is 4.90 Å². The number of hydrogen-bond donors (Lipinski definition) is 2. The predicted molar refractivity (Wildman–Crippen MR) is 112 cm³/mol. The normalized spacial score (nSPS) is 18.7. The highest BCUT2D eigenvalue weighted by atomic mass is 16.5. The Morgan fingerprint density at radius 1 is 1.10 bits per heavy atom. The number of carbonyl (C=O) groups is 3. The summed E-state index contributed by atoms with van der Waals surface area (Å²) in [5.74, 6) is -3.66. The molecule has 0 aliphatic carbocycles. The van der Waals surface area contributed by atoms with Crippen LogP contribution in [0.15, 0.2) is 48.5 Å². The van der Waals surface area contributed by atoms with E-state index in [1.165, 1.54) is 0 Å². The first-order valence-electron chi connectivity index (χ1n) is 9.89. The average Bonchev–Trinajstić information content (AvgIpc) is 2.98. The zero-order valence-electron chi connectivity index (χ0n) is 17.2. The number of benzene rings is 2. The number of carbonyl (C=O) groups excluding carboxylic acids is 2. The van der Waals surface area contributed by atoms with E-state index >= 15 is 0 Å². The number of amides is 1. The summed E-state index contributed by atoms with van der Waals surface area (Å²) in [6.45, 7) is 5.87. The molecular formula is C23H26N2O5. The van der Waals surface area contributed by atoms with Crippen molar-refractivity contribution >= 4 is 23.3 Å². The smallest absolute Gasteiger partial charge is 0.345 e. The minimum absolute atomic E-state index is 0.288. The number of nitrogens with two attached hydrogens (primary N) is 1. The molecule has 3 unspecified atom stereocenters. The molecule has 7 nitrogen and oxygen atoms in total. The second-order valence-corrected chi connectivity index (χ2v) is 7.87. The van der Waals surface area contributed by atoms with Crippen molar-refractivity contribution in [3.8, 4) is 5.75 Å². The Labute approximate surface area is 175 Å². The lowest BCUT2D eigenvalue weighted by Gasteiger charge is -2.26. The van der Waals surface area contributed by atoms with Crippen molar-refractivity contribution in [2.45, 2.75) is 45.4 Å². The first-order valence-corrected chi connectivity index (χ1v) is 9.89. The fourth-order valence-electron chi connectivity index (χ4n) is 3.96. The number of ketones is 1. The number of primary amides is 1. The topological polar surface area (TPSA) is 110 Å². The quantitative estimate of drug-likeness (QED) is 0.648. The lowest BCUT2D eigenvalue weighted by Crippen LogP contribution is -2.38. The molecule has 0 aromatic heterocycles. The number of rotatable bonds is 8. The lowest BCUT2D eigenvalue weighted by molar-refractivity contribution is -0.147. The van der Waals surface area contributed by atoms with Gasteiger partial charge in [0.25, 0.3) is 5.91 Å². The summed E-state index contributed by atoms with van der Waals surface area (Å²) in [5.41, 5.74) is 7.62. The third kappa shape index (κ3) is 4.01. The highest BCUT2D eigenvalue weighted by Gasteiger charge is 2.44. The van der Waals surface area contributed by atoms with Gasteiger partial charge in [-0.1, -0.05) is 50.2 Å². The number of Topliss-reactive ketones (excluding diaryl/α,β-unsaturated/α-hetero) is 1. The van der Waals surface area contributed by atoms with Crippen LogP contribution in [-0.2, 0) is 20.9 Å². The number of anilines is 1. The number of ether oxygens (including phenoxy) is 1. The van der Waals surface area contributed by atoms with Crippen LogP contribution in [0.3, 0.4) is 0 Å². The predicted octanol–water partition coefficient (Wildman–Crippen LogP) is 2.72. The van der Waals surface area contributed by atoms with E-state index in [4.69, 9.17) is 10.5 Å². The Bertz CT molecular complexity index is 957. The highest BCUT2D eigenvalue weighted by Crippen LogP contribution is 2.47. The summed E-state index contributed by atoms with van der Waals surface area (Å²) in [6, 6.07) is 14.6. The first kappa shape index (κ1) is 21.4. The molecule has 0 bridgehead atoms. The summed E-state index contributed by atoms with van der Waals surface area (Å²) in [4.78, 5) is 38.2. The maximum absolute atomic E-state index is 12.7. The van der Waals surface area contributed by atoms with Gasteiger partial charge in [0.2, 0.25) is 5.78 Å². The Morgan fingerprint density at radius 3 is 2.33 bits per heavy atom. The molecular weight excluding hydrogens is 384 g/mol. The number of carboxylic acid groups (broad SMARTS) is 1. The number of aliphatic carboxylic acids is 1. The zero-order valence-corrected chi connectivity index (χ0v) is 17.2. The fourth-order valence-corrected chi connectivity index (χ4v) is 3.96. The Kier molecular flexibility index (Phi) is 6.10. The molecule has 7 heteroatoms. The van der Waals surface area contributed by atoms with Crippen LogP contribution in [-0.4, -0.2) is 34.9 Å². The van der Waals surface area contributed by atoms with E-state index < -0.39 is 29.7 Å². The molecule has 0 saturated heterocycles. The second kappa shape index (κ2) is 8.57. The van der Waals surface area contributed by atoms with Crippen molar-refractivity contribution in [2.24, 2.45) is 11.7 Å². The Hall–Kier alpha value is -3.35. The summed E-state index contributed by atoms with van der Waals surface area (Å²) < 4.78 is 5.86. The molecule has 2 aromatic rings. The molecule has 30 heavy (non-hydrogen) atoms. The minimum Gasteiger partial charge on any atom is -0.478 e. The van der Waals surface area contributed by atoms with Crippen LogP contribution in [0.4, 0.5) is 5.69 Å². The number of hydrogen-bond acceptors (Lipinski definition) is 5. The van der Waals surface area contributed by atoms with Crippen LogP contribution < -0.4 is 15.4 Å². The molecule has 3 rings (SSSR count). The van der Waals surface area contributed by atoms with Crippen LogP contribution in [0, 0.1) is 5.92 Å². The molecule has 1 aliphatic heterocycles. The third-order valence-electron chi connectivity index (χ3n) is 5.46. The molecule has 0 fully saturated rings. The molecule has 3 N–H and O–H groups in total. The van der Waals surface area contributed by atoms with Crippen molar-refractivity contribution in [3.05, 3.63) is 59.7 Å².